The van der Waals surface area contributed by atoms with Crippen molar-refractivity contribution < 1.29 is 17.9 Å². The fraction of sp³-hybridized carbons (Fsp3) is 0.316. The summed E-state index contributed by atoms with van der Waals surface area (Å²) in [6, 6.07) is 9.88. The van der Waals surface area contributed by atoms with Crippen LogP contribution in [0.15, 0.2) is 45.8 Å². The van der Waals surface area contributed by atoms with Crippen molar-refractivity contribution in [1.29, 1.82) is 0 Å². The van der Waals surface area contributed by atoms with E-state index in [1.807, 2.05) is 32.9 Å². The van der Waals surface area contributed by atoms with Crippen molar-refractivity contribution in [2.24, 2.45) is 0 Å². The van der Waals surface area contributed by atoms with Gasteiger partial charge in [0.1, 0.15) is 11.4 Å². The Morgan fingerprint density at radius 2 is 1.93 bits per heavy atom. The molecule has 1 aliphatic rings. The van der Waals surface area contributed by atoms with Gasteiger partial charge in [-0.05, 0) is 72.6 Å². The van der Waals surface area contributed by atoms with Crippen molar-refractivity contribution in [2.45, 2.75) is 38.2 Å². The molecular formula is C19H21BrN2O4S. The van der Waals surface area contributed by atoms with Crippen LogP contribution in [-0.2, 0) is 14.8 Å². The van der Waals surface area contributed by atoms with E-state index in [4.69, 9.17) is 4.74 Å². The van der Waals surface area contributed by atoms with Crippen molar-refractivity contribution in [1.82, 2.24) is 0 Å². The first-order valence-electron chi connectivity index (χ1n) is 8.39. The maximum Gasteiger partial charge on any atom is 0.262 e. The SMILES string of the molecule is CC(=O)N1CC(C)(C)Oc2ccc(S(=O)(=O)Nc3ccc(C)cc3Br)cc21. The monoisotopic (exact) mass is 452 g/mol. The van der Waals surface area contributed by atoms with E-state index in [2.05, 4.69) is 20.7 Å². The van der Waals surface area contributed by atoms with Crippen molar-refractivity contribution in [3.63, 3.8) is 0 Å². The second-order valence-electron chi connectivity index (χ2n) is 7.19. The van der Waals surface area contributed by atoms with E-state index in [0.717, 1.165) is 5.56 Å². The number of halogens is 1. The van der Waals surface area contributed by atoms with Crippen molar-refractivity contribution in [2.75, 3.05) is 16.2 Å². The second kappa shape index (κ2) is 6.83. The van der Waals surface area contributed by atoms with Crippen LogP contribution >= 0.6 is 15.9 Å². The van der Waals surface area contributed by atoms with Crippen molar-refractivity contribution in [3.8, 4) is 5.75 Å². The summed E-state index contributed by atoms with van der Waals surface area (Å²) in [7, 11) is -3.83. The van der Waals surface area contributed by atoms with E-state index in [0.29, 0.717) is 28.1 Å². The van der Waals surface area contributed by atoms with E-state index in [9.17, 15) is 13.2 Å². The van der Waals surface area contributed by atoms with Gasteiger partial charge in [-0.3, -0.25) is 9.52 Å². The van der Waals surface area contributed by atoms with Gasteiger partial charge in [-0.1, -0.05) is 6.07 Å². The molecule has 0 saturated carbocycles. The predicted octanol–water partition coefficient (Wildman–Crippen LogP) is 4.08. The number of rotatable bonds is 3. The summed E-state index contributed by atoms with van der Waals surface area (Å²) in [4.78, 5) is 13.7. The van der Waals surface area contributed by atoms with Crippen molar-refractivity contribution >= 4 is 43.2 Å². The van der Waals surface area contributed by atoms with Gasteiger partial charge in [-0.15, -0.1) is 0 Å². The number of hydrogen-bond donors (Lipinski definition) is 1. The summed E-state index contributed by atoms with van der Waals surface area (Å²) in [5.41, 5.74) is 1.35. The third kappa shape index (κ3) is 4.11. The molecule has 0 radical (unpaired) electrons. The second-order valence-corrected chi connectivity index (χ2v) is 9.72. The third-order valence-electron chi connectivity index (χ3n) is 4.21. The Morgan fingerprint density at radius 3 is 2.56 bits per heavy atom. The molecule has 144 valence electrons. The Hall–Kier alpha value is -2.06. The van der Waals surface area contributed by atoms with Crippen LogP contribution in [0.3, 0.4) is 0 Å². The van der Waals surface area contributed by atoms with Gasteiger partial charge in [0.25, 0.3) is 10.0 Å². The number of carbonyl (C=O) groups is 1. The number of hydrogen-bond acceptors (Lipinski definition) is 4. The molecule has 2 aromatic carbocycles. The molecule has 1 N–H and O–H groups in total. The van der Waals surface area contributed by atoms with Gasteiger partial charge < -0.3 is 9.64 Å². The molecule has 0 aliphatic carbocycles. The molecule has 6 nitrogen and oxygen atoms in total. The van der Waals surface area contributed by atoms with Crippen LogP contribution in [0.2, 0.25) is 0 Å². The molecule has 8 heteroatoms. The maximum absolute atomic E-state index is 12.9. The predicted molar refractivity (Wildman–Crippen MR) is 109 cm³/mol. The number of benzene rings is 2. The zero-order valence-electron chi connectivity index (χ0n) is 15.5. The Kier molecular flexibility index (Phi) is 4.98. The molecule has 1 heterocycles. The topological polar surface area (TPSA) is 75.7 Å². The zero-order valence-corrected chi connectivity index (χ0v) is 17.9. The number of nitrogens with zero attached hydrogens (tertiary/aromatic N) is 1. The highest BCUT2D eigenvalue weighted by molar-refractivity contribution is 9.10. The Balaban J connectivity index is 2.00. The molecule has 0 atom stereocenters. The summed E-state index contributed by atoms with van der Waals surface area (Å²) >= 11 is 3.37. The largest absolute Gasteiger partial charge is 0.484 e. The number of fused-ring (bicyclic) bond motifs is 1. The lowest BCUT2D eigenvalue weighted by atomic mass is 10.1. The summed E-state index contributed by atoms with van der Waals surface area (Å²) in [5.74, 6) is 0.313. The third-order valence-corrected chi connectivity index (χ3v) is 6.22. The molecule has 0 saturated heterocycles. The average Bonchev–Trinajstić information content (AvgIpc) is 2.55. The van der Waals surface area contributed by atoms with Gasteiger partial charge in [0.15, 0.2) is 0 Å². The first-order chi connectivity index (χ1) is 12.5. The summed E-state index contributed by atoms with van der Waals surface area (Å²) in [5, 5.41) is 0. The van der Waals surface area contributed by atoms with Gasteiger partial charge in [0.2, 0.25) is 5.91 Å². The minimum Gasteiger partial charge on any atom is -0.484 e. The number of sulfonamides is 1. The molecule has 2 aromatic rings. The maximum atomic E-state index is 12.9. The molecular weight excluding hydrogens is 432 g/mol. The lowest BCUT2D eigenvalue weighted by Gasteiger charge is -2.39. The number of carbonyl (C=O) groups excluding carboxylic acids is 1. The van der Waals surface area contributed by atoms with Crippen LogP contribution < -0.4 is 14.4 Å². The molecule has 1 aliphatic heterocycles. The molecule has 27 heavy (non-hydrogen) atoms. The lowest BCUT2D eigenvalue weighted by molar-refractivity contribution is -0.117. The highest BCUT2D eigenvalue weighted by Gasteiger charge is 2.34. The molecule has 0 aromatic heterocycles. The summed E-state index contributed by atoms with van der Waals surface area (Å²) in [6.45, 7) is 7.48. The van der Waals surface area contributed by atoms with Crippen LogP contribution in [0.4, 0.5) is 11.4 Å². The number of ether oxygens (including phenoxy) is 1. The Labute approximate surface area is 167 Å². The van der Waals surface area contributed by atoms with E-state index >= 15 is 0 Å². The molecule has 3 rings (SSSR count). The van der Waals surface area contributed by atoms with Crippen LogP contribution in [-0.4, -0.2) is 26.5 Å². The molecule has 1 amide bonds. The van der Waals surface area contributed by atoms with Gasteiger partial charge in [-0.2, -0.15) is 0 Å². The fourth-order valence-electron chi connectivity index (χ4n) is 2.95. The molecule has 0 bridgehead atoms. The average molecular weight is 453 g/mol. The smallest absolute Gasteiger partial charge is 0.262 e. The number of amides is 1. The normalized spacial score (nSPS) is 15.7. The highest BCUT2D eigenvalue weighted by Crippen LogP contribution is 2.39. The fourth-order valence-corrected chi connectivity index (χ4v) is 4.77. The lowest BCUT2D eigenvalue weighted by Crippen LogP contribution is -2.48. The van der Waals surface area contributed by atoms with Crippen LogP contribution in [0, 0.1) is 6.92 Å². The number of aryl methyl sites for hydroxylation is 1. The van der Waals surface area contributed by atoms with Crippen molar-refractivity contribution in [3.05, 3.63) is 46.4 Å². The van der Waals surface area contributed by atoms with Crippen LogP contribution in [0.1, 0.15) is 26.3 Å². The molecule has 0 unspecified atom stereocenters. The van der Waals surface area contributed by atoms with E-state index < -0.39 is 15.6 Å². The van der Waals surface area contributed by atoms with E-state index in [1.165, 1.54) is 19.1 Å². The number of nitrogens with one attached hydrogen (secondary N) is 1. The minimum atomic E-state index is -3.83. The van der Waals surface area contributed by atoms with Gasteiger partial charge in [0, 0.05) is 11.4 Å². The highest BCUT2D eigenvalue weighted by atomic mass is 79.9. The molecule has 0 fully saturated rings. The van der Waals surface area contributed by atoms with Gasteiger partial charge >= 0.3 is 0 Å². The van der Waals surface area contributed by atoms with Crippen LogP contribution in [0.25, 0.3) is 0 Å². The van der Waals surface area contributed by atoms with E-state index in [-0.39, 0.29) is 10.8 Å². The summed E-state index contributed by atoms with van der Waals surface area (Å²) in [6.07, 6.45) is 0. The number of anilines is 2. The van der Waals surface area contributed by atoms with Gasteiger partial charge in [-0.25, -0.2) is 8.42 Å². The van der Waals surface area contributed by atoms with Gasteiger partial charge in [0.05, 0.1) is 22.8 Å². The first kappa shape index (κ1) is 19.7. The van der Waals surface area contributed by atoms with Crippen LogP contribution in [0.5, 0.6) is 5.75 Å². The quantitative estimate of drug-likeness (QED) is 0.760. The molecule has 0 spiro atoms. The minimum absolute atomic E-state index is 0.0586. The van der Waals surface area contributed by atoms with E-state index in [1.54, 1.807) is 17.0 Å². The first-order valence-corrected chi connectivity index (χ1v) is 10.7. The summed E-state index contributed by atoms with van der Waals surface area (Å²) < 4.78 is 34.8. The Morgan fingerprint density at radius 1 is 1.22 bits per heavy atom. The zero-order chi connectivity index (χ0) is 20.0. The standard InChI is InChI=1S/C19H21BrN2O4S/c1-12-5-7-16(15(20)9-12)21-27(24,25)14-6-8-18-17(10-14)22(13(2)23)11-19(3,4)26-18/h5-10,21H,11H2,1-4H3. The Bertz CT molecular complexity index is 1020.